The molecule has 6 heteroatoms. The van der Waals surface area contributed by atoms with Crippen LogP contribution in [0.25, 0.3) is 0 Å². The maximum Gasteiger partial charge on any atom is 0.328 e. The molecule has 1 aliphatic rings. The fourth-order valence-corrected chi connectivity index (χ4v) is 2.70. The number of ether oxygens (including phenoxy) is 1. The largest absolute Gasteiger partial charge is 0.467 e. The van der Waals surface area contributed by atoms with Gasteiger partial charge in [-0.3, -0.25) is 9.59 Å². The highest BCUT2D eigenvalue weighted by Gasteiger charge is 2.34. The summed E-state index contributed by atoms with van der Waals surface area (Å²) in [6.45, 7) is 0. The van der Waals surface area contributed by atoms with Gasteiger partial charge in [-0.05, 0) is 30.9 Å². The van der Waals surface area contributed by atoms with Gasteiger partial charge in [0, 0.05) is 12.8 Å². The number of benzene rings is 1. The second kappa shape index (κ2) is 7.15. The number of nitrogens with one attached hydrogen (secondary N) is 1. The van der Waals surface area contributed by atoms with Crippen LogP contribution in [0.5, 0.6) is 0 Å². The van der Waals surface area contributed by atoms with E-state index in [0.717, 1.165) is 0 Å². The lowest BCUT2D eigenvalue weighted by Gasteiger charge is -2.28. The third-order valence-electron chi connectivity index (χ3n) is 3.85. The van der Waals surface area contributed by atoms with Crippen molar-refractivity contribution >= 4 is 17.7 Å². The van der Waals surface area contributed by atoms with E-state index < -0.39 is 23.7 Å². The Morgan fingerprint density at radius 2 is 2.09 bits per heavy atom. The lowest BCUT2D eigenvalue weighted by molar-refractivity contribution is -0.145. The predicted octanol–water partition coefficient (Wildman–Crippen LogP) is 1.86. The monoisotopic (exact) mass is 307 g/mol. The molecule has 1 amide bonds. The number of halogens is 1. The van der Waals surface area contributed by atoms with Gasteiger partial charge in [0.25, 0.3) is 5.91 Å². The lowest BCUT2D eigenvalue weighted by Crippen LogP contribution is -2.48. The third kappa shape index (κ3) is 3.69. The number of amides is 1. The maximum absolute atomic E-state index is 13.6. The Bertz CT molecular complexity index is 587. The molecule has 1 N–H and O–H groups in total. The summed E-state index contributed by atoms with van der Waals surface area (Å²) in [5, 5.41) is 2.51. The summed E-state index contributed by atoms with van der Waals surface area (Å²) < 4.78 is 18.4. The average molecular weight is 307 g/mol. The molecular formula is C16H18FNO4. The topological polar surface area (TPSA) is 72.5 Å². The van der Waals surface area contributed by atoms with E-state index >= 15 is 0 Å². The molecule has 0 saturated heterocycles. The zero-order valence-electron chi connectivity index (χ0n) is 12.3. The Kier molecular flexibility index (Phi) is 5.25. The van der Waals surface area contributed by atoms with Gasteiger partial charge in [0.15, 0.2) is 0 Å². The van der Waals surface area contributed by atoms with Crippen LogP contribution in [0.4, 0.5) is 4.39 Å². The van der Waals surface area contributed by atoms with Crippen LogP contribution in [-0.4, -0.2) is 30.8 Å². The molecule has 0 aliphatic heterocycles. The van der Waals surface area contributed by atoms with E-state index in [9.17, 15) is 18.8 Å². The Morgan fingerprint density at radius 1 is 1.36 bits per heavy atom. The molecule has 22 heavy (non-hydrogen) atoms. The van der Waals surface area contributed by atoms with Crippen LogP contribution >= 0.6 is 0 Å². The molecule has 0 aromatic heterocycles. The van der Waals surface area contributed by atoms with E-state index in [1.54, 1.807) is 0 Å². The van der Waals surface area contributed by atoms with E-state index in [-0.39, 0.29) is 23.7 Å². The van der Waals surface area contributed by atoms with Crippen molar-refractivity contribution in [1.29, 1.82) is 0 Å². The number of rotatable bonds is 4. The number of carbonyl (C=O) groups excluding carboxylic acids is 3. The molecule has 0 radical (unpaired) electrons. The Balaban J connectivity index is 2.16. The molecule has 0 heterocycles. The second-order valence-electron chi connectivity index (χ2n) is 5.35. The van der Waals surface area contributed by atoms with E-state index in [1.807, 2.05) is 0 Å². The number of esters is 1. The first-order chi connectivity index (χ1) is 10.5. The lowest BCUT2D eigenvalue weighted by atomic mass is 9.83. The van der Waals surface area contributed by atoms with Gasteiger partial charge in [0.05, 0.1) is 12.7 Å². The maximum atomic E-state index is 13.6. The van der Waals surface area contributed by atoms with Crippen LogP contribution in [0, 0.1) is 11.7 Å². The number of hydrogen-bond acceptors (Lipinski definition) is 4. The van der Waals surface area contributed by atoms with Gasteiger partial charge in [0.1, 0.15) is 17.6 Å². The highest BCUT2D eigenvalue weighted by molar-refractivity contribution is 5.97. The standard InChI is InChI=1S/C16H18FNO4/c1-22-16(21)14(10-5-4-6-11(19)9-10)18-15(20)12-7-2-3-8-13(12)17/h2-3,7-8,10,14H,4-6,9H2,1H3,(H,18,20)/t10-,14-/m0/s1. The summed E-state index contributed by atoms with van der Waals surface area (Å²) >= 11 is 0. The van der Waals surface area contributed by atoms with Crippen LogP contribution in [-0.2, 0) is 14.3 Å². The number of methoxy groups -OCH3 is 1. The van der Waals surface area contributed by atoms with Crippen LogP contribution in [0.1, 0.15) is 36.0 Å². The minimum absolute atomic E-state index is 0.0605. The fraction of sp³-hybridized carbons (Fsp3) is 0.438. The Morgan fingerprint density at radius 3 is 2.73 bits per heavy atom. The van der Waals surface area contributed by atoms with Crippen LogP contribution in [0.15, 0.2) is 24.3 Å². The van der Waals surface area contributed by atoms with Crippen molar-refractivity contribution in [3.8, 4) is 0 Å². The number of hydrogen-bond donors (Lipinski definition) is 1. The summed E-state index contributed by atoms with van der Waals surface area (Å²) in [4.78, 5) is 35.7. The number of carbonyl (C=O) groups is 3. The first kappa shape index (κ1) is 16.1. The van der Waals surface area contributed by atoms with E-state index in [4.69, 9.17) is 4.74 Å². The molecule has 0 unspecified atom stereocenters. The molecule has 1 fully saturated rings. The van der Waals surface area contributed by atoms with Gasteiger partial charge in [-0.25, -0.2) is 9.18 Å². The fourth-order valence-electron chi connectivity index (χ4n) is 2.70. The molecule has 0 bridgehead atoms. The normalized spacial score (nSPS) is 19.4. The van der Waals surface area contributed by atoms with Gasteiger partial charge in [-0.1, -0.05) is 12.1 Å². The molecule has 118 valence electrons. The molecule has 2 rings (SSSR count). The van der Waals surface area contributed by atoms with Gasteiger partial charge >= 0.3 is 5.97 Å². The van der Waals surface area contributed by atoms with Crippen LogP contribution in [0.2, 0.25) is 0 Å². The molecule has 2 atom stereocenters. The van der Waals surface area contributed by atoms with Crippen LogP contribution < -0.4 is 5.32 Å². The van der Waals surface area contributed by atoms with E-state index in [1.165, 1.54) is 31.4 Å². The van der Waals surface area contributed by atoms with Crippen molar-refractivity contribution in [2.45, 2.75) is 31.7 Å². The zero-order chi connectivity index (χ0) is 16.1. The van der Waals surface area contributed by atoms with Gasteiger partial charge in [-0.2, -0.15) is 0 Å². The average Bonchev–Trinajstić information content (AvgIpc) is 2.52. The Hall–Kier alpha value is -2.24. The van der Waals surface area contributed by atoms with Crippen molar-refractivity contribution in [3.63, 3.8) is 0 Å². The molecular weight excluding hydrogens is 289 g/mol. The third-order valence-corrected chi connectivity index (χ3v) is 3.85. The van der Waals surface area contributed by atoms with Crippen molar-refractivity contribution in [3.05, 3.63) is 35.6 Å². The number of Topliss-reactive ketones (excluding diaryl/α,β-unsaturated/α-hetero) is 1. The van der Waals surface area contributed by atoms with Crippen LogP contribution in [0.3, 0.4) is 0 Å². The van der Waals surface area contributed by atoms with E-state index in [2.05, 4.69) is 5.32 Å². The number of ketones is 1. The minimum atomic E-state index is -0.943. The highest BCUT2D eigenvalue weighted by atomic mass is 19.1. The molecule has 1 aliphatic carbocycles. The van der Waals surface area contributed by atoms with Gasteiger partial charge < -0.3 is 10.1 Å². The minimum Gasteiger partial charge on any atom is -0.467 e. The summed E-state index contributed by atoms with van der Waals surface area (Å²) in [6, 6.07) is 4.58. The quantitative estimate of drug-likeness (QED) is 0.862. The smallest absolute Gasteiger partial charge is 0.328 e. The van der Waals surface area contributed by atoms with Crippen molar-refractivity contribution < 1.29 is 23.5 Å². The summed E-state index contributed by atoms with van der Waals surface area (Å²) in [5.74, 6) is -2.23. The van der Waals surface area contributed by atoms with Crippen molar-refractivity contribution in [2.75, 3.05) is 7.11 Å². The second-order valence-corrected chi connectivity index (χ2v) is 5.35. The summed E-state index contributed by atoms with van der Waals surface area (Å²) in [5.41, 5.74) is -0.140. The molecule has 1 aromatic carbocycles. The van der Waals surface area contributed by atoms with Crippen molar-refractivity contribution in [1.82, 2.24) is 5.32 Å². The summed E-state index contributed by atoms with van der Waals surface area (Å²) in [7, 11) is 1.22. The van der Waals surface area contributed by atoms with E-state index in [0.29, 0.717) is 19.3 Å². The van der Waals surface area contributed by atoms with Gasteiger partial charge in [0.2, 0.25) is 0 Å². The molecule has 1 aromatic rings. The SMILES string of the molecule is COC(=O)[C@@H](NC(=O)c1ccccc1F)[C@H]1CCCC(=O)C1. The van der Waals surface area contributed by atoms with Gasteiger partial charge in [-0.15, -0.1) is 0 Å². The predicted molar refractivity (Wildman–Crippen MR) is 76.6 cm³/mol. The first-order valence-electron chi connectivity index (χ1n) is 7.18. The zero-order valence-corrected chi connectivity index (χ0v) is 12.3. The molecule has 1 saturated carbocycles. The first-order valence-corrected chi connectivity index (χ1v) is 7.18. The molecule has 0 spiro atoms. The molecule has 5 nitrogen and oxygen atoms in total. The highest BCUT2D eigenvalue weighted by Crippen LogP contribution is 2.25. The Labute approximate surface area is 127 Å². The van der Waals surface area contributed by atoms with Crippen molar-refractivity contribution in [2.24, 2.45) is 5.92 Å². The summed E-state index contributed by atoms with van der Waals surface area (Å²) in [6.07, 6.45) is 2.03.